The van der Waals surface area contributed by atoms with E-state index < -0.39 is 0 Å². The molecule has 1 saturated carbocycles. The predicted molar refractivity (Wildman–Crippen MR) is 70.6 cm³/mol. The van der Waals surface area contributed by atoms with Gasteiger partial charge in [0.1, 0.15) is 4.99 Å². The minimum absolute atomic E-state index is 0.347. The highest BCUT2D eigenvalue weighted by atomic mass is 32.1. The van der Waals surface area contributed by atoms with Crippen LogP contribution in [0.1, 0.15) is 31.4 Å². The Morgan fingerprint density at radius 2 is 2.31 bits per heavy atom. The minimum atomic E-state index is 0.347. The van der Waals surface area contributed by atoms with Gasteiger partial charge in [-0.15, -0.1) is 0 Å². The fourth-order valence-electron chi connectivity index (χ4n) is 1.67. The normalized spacial score (nSPS) is 14.8. The lowest BCUT2D eigenvalue weighted by atomic mass is 10.2. The molecule has 0 aliphatic heterocycles. The fourth-order valence-corrected chi connectivity index (χ4v) is 1.79. The van der Waals surface area contributed by atoms with Gasteiger partial charge < -0.3 is 11.1 Å². The smallest absolute Gasteiger partial charge is 0.122 e. The summed E-state index contributed by atoms with van der Waals surface area (Å²) < 4.78 is 0. The van der Waals surface area contributed by atoms with E-state index in [1.165, 1.54) is 25.7 Å². The summed E-state index contributed by atoms with van der Waals surface area (Å²) in [6.07, 6.45) is 7.24. The van der Waals surface area contributed by atoms with Crippen LogP contribution in [0.4, 0.5) is 5.69 Å². The van der Waals surface area contributed by atoms with Crippen molar-refractivity contribution in [1.29, 1.82) is 0 Å². The Morgan fingerprint density at radius 3 is 2.88 bits per heavy atom. The van der Waals surface area contributed by atoms with Gasteiger partial charge in [0.15, 0.2) is 0 Å². The SMILES string of the molecule is NC(=S)c1ccc(NCCCC2CC2)cn1. The van der Waals surface area contributed by atoms with Crippen molar-refractivity contribution >= 4 is 22.9 Å². The topological polar surface area (TPSA) is 50.9 Å². The van der Waals surface area contributed by atoms with Crippen LogP contribution in [-0.4, -0.2) is 16.5 Å². The molecule has 0 spiro atoms. The average molecular weight is 235 g/mol. The minimum Gasteiger partial charge on any atom is -0.388 e. The molecule has 2 rings (SSSR count). The van der Waals surface area contributed by atoms with E-state index in [-0.39, 0.29) is 0 Å². The van der Waals surface area contributed by atoms with Gasteiger partial charge in [0.05, 0.1) is 17.6 Å². The molecule has 3 N–H and O–H groups in total. The van der Waals surface area contributed by atoms with Crippen LogP contribution in [0.25, 0.3) is 0 Å². The van der Waals surface area contributed by atoms with Crippen molar-refractivity contribution in [3.63, 3.8) is 0 Å². The molecule has 4 heteroatoms. The van der Waals surface area contributed by atoms with Crippen LogP contribution in [-0.2, 0) is 0 Å². The Labute approximate surface area is 101 Å². The second-order valence-electron chi connectivity index (χ2n) is 4.31. The number of nitrogens with one attached hydrogen (secondary N) is 1. The summed E-state index contributed by atoms with van der Waals surface area (Å²) in [5.74, 6) is 1.01. The van der Waals surface area contributed by atoms with Crippen LogP contribution in [0, 0.1) is 5.92 Å². The summed E-state index contributed by atoms with van der Waals surface area (Å²) in [6, 6.07) is 3.82. The maximum atomic E-state index is 5.47. The molecule has 1 fully saturated rings. The zero-order valence-corrected chi connectivity index (χ0v) is 10.1. The molecule has 0 amide bonds. The first-order valence-electron chi connectivity index (χ1n) is 5.75. The van der Waals surface area contributed by atoms with Crippen molar-refractivity contribution in [2.45, 2.75) is 25.7 Å². The number of anilines is 1. The number of aromatic nitrogens is 1. The second-order valence-corrected chi connectivity index (χ2v) is 4.75. The molecule has 86 valence electrons. The zero-order valence-electron chi connectivity index (χ0n) is 9.28. The number of nitrogens with two attached hydrogens (primary N) is 1. The lowest BCUT2D eigenvalue weighted by Gasteiger charge is -2.06. The highest BCUT2D eigenvalue weighted by Gasteiger charge is 2.19. The van der Waals surface area contributed by atoms with Gasteiger partial charge in [0, 0.05) is 6.54 Å². The Morgan fingerprint density at radius 1 is 1.50 bits per heavy atom. The highest BCUT2D eigenvalue weighted by molar-refractivity contribution is 7.80. The van der Waals surface area contributed by atoms with Crippen molar-refractivity contribution in [1.82, 2.24) is 4.98 Å². The first-order valence-corrected chi connectivity index (χ1v) is 6.16. The van der Waals surface area contributed by atoms with E-state index in [4.69, 9.17) is 18.0 Å². The third-order valence-corrected chi connectivity index (χ3v) is 3.04. The molecule has 0 aromatic carbocycles. The van der Waals surface area contributed by atoms with E-state index in [1.54, 1.807) is 6.20 Å². The van der Waals surface area contributed by atoms with E-state index in [2.05, 4.69) is 10.3 Å². The van der Waals surface area contributed by atoms with E-state index in [0.29, 0.717) is 10.7 Å². The molecule has 16 heavy (non-hydrogen) atoms. The van der Waals surface area contributed by atoms with Gasteiger partial charge in [0.25, 0.3) is 0 Å². The molecule has 0 saturated heterocycles. The van der Waals surface area contributed by atoms with Crippen molar-refractivity contribution in [2.75, 3.05) is 11.9 Å². The summed E-state index contributed by atoms with van der Waals surface area (Å²) >= 11 is 4.84. The van der Waals surface area contributed by atoms with E-state index >= 15 is 0 Å². The quantitative estimate of drug-likeness (QED) is 0.587. The number of nitrogens with zero attached hydrogens (tertiary/aromatic N) is 1. The first kappa shape index (κ1) is 11.3. The molecule has 0 atom stereocenters. The van der Waals surface area contributed by atoms with Crippen LogP contribution in [0.5, 0.6) is 0 Å². The van der Waals surface area contributed by atoms with Gasteiger partial charge in [-0.2, -0.15) is 0 Å². The Balaban J connectivity index is 1.73. The molecule has 1 aliphatic carbocycles. The molecule has 0 unspecified atom stereocenters. The van der Waals surface area contributed by atoms with Crippen molar-refractivity contribution in [3.05, 3.63) is 24.0 Å². The van der Waals surface area contributed by atoms with Crippen LogP contribution in [0.2, 0.25) is 0 Å². The number of thiocarbonyl (C=S) groups is 1. The van der Waals surface area contributed by atoms with Gasteiger partial charge in [0.2, 0.25) is 0 Å². The third-order valence-electron chi connectivity index (χ3n) is 2.83. The highest BCUT2D eigenvalue weighted by Crippen LogP contribution is 2.33. The second kappa shape index (κ2) is 5.25. The Kier molecular flexibility index (Phi) is 3.72. The van der Waals surface area contributed by atoms with Gasteiger partial charge in [-0.3, -0.25) is 4.98 Å². The summed E-state index contributed by atoms with van der Waals surface area (Å²) in [5.41, 5.74) is 7.19. The maximum absolute atomic E-state index is 5.47. The molecule has 1 aliphatic rings. The number of hydrogen-bond acceptors (Lipinski definition) is 3. The third kappa shape index (κ3) is 3.45. The maximum Gasteiger partial charge on any atom is 0.122 e. The van der Waals surface area contributed by atoms with Gasteiger partial charge >= 0.3 is 0 Å². The molecule has 1 aromatic heterocycles. The monoisotopic (exact) mass is 235 g/mol. The van der Waals surface area contributed by atoms with Crippen LogP contribution < -0.4 is 11.1 Å². The number of hydrogen-bond donors (Lipinski definition) is 2. The van der Waals surface area contributed by atoms with Crippen molar-refractivity contribution in [2.24, 2.45) is 11.7 Å². The first-order chi connectivity index (χ1) is 7.75. The summed E-state index contributed by atoms with van der Waals surface area (Å²) in [5, 5.41) is 3.35. The lowest BCUT2D eigenvalue weighted by Crippen LogP contribution is -2.11. The van der Waals surface area contributed by atoms with E-state index in [9.17, 15) is 0 Å². The van der Waals surface area contributed by atoms with Crippen LogP contribution in [0.15, 0.2) is 18.3 Å². The van der Waals surface area contributed by atoms with Crippen molar-refractivity contribution in [3.8, 4) is 0 Å². The average Bonchev–Trinajstić information content (AvgIpc) is 3.09. The Bertz CT molecular complexity index is 357. The number of pyridine rings is 1. The molecular weight excluding hydrogens is 218 g/mol. The lowest BCUT2D eigenvalue weighted by molar-refractivity contribution is 0.687. The summed E-state index contributed by atoms with van der Waals surface area (Å²) in [7, 11) is 0. The molecule has 1 heterocycles. The molecule has 1 aromatic rings. The fraction of sp³-hybridized carbons (Fsp3) is 0.500. The van der Waals surface area contributed by atoms with Gasteiger partial charge in [-0.05, 0) is 30.9 Å². The molecule has 0 bridgehead atoms. The molecule has 0 radical (unpaired) electrons. The number of rotatable bonds is 6. The van der Waals surface area contributed by atoms with Crippen molar-refractivity contribution < 1.29 is 0 Å². The standard InChI is InChI=1S/C12H17N3S/c13-12(16)11-6-5-10(8-15-11)14-7-1-2-9-3-4-9/h5-6,8-9,14H,1-4,7H2,(H2,13,16). The van der Waals surface area contributed by atoms with Crippen LogP contribution >= 0.6 is 12.2 Å². The molecular formula is C12H17N3S. The molecule has 3 nitrogen and oxygen atoms in total. The van der Waals surface area contributed by atoms with Gasteiger partial charge in [-0.1, -0.05) is 25.1 Å². The zero-order chi connectivity index (χ0) is 11.4. The summed E-state index contributed by atoms with van der Waals surface area (Å²) in [6.45, 7) is 1.02. The summed E-state index contributed by atoms with van der Waals surface area (Å²) in [4.78, 5) is 4.52. The Hall–Kier alpha value is -1.16. The largest absolute Gasteiger partial charge is 0.388 e. The predicted octanol–water partition coefficient (Wildman–Crippen LogP) is 2.32. The van der Waals surface area contributed by atoms with Crippen LogP contribution in [0.3, 0.4) is 0 Å². The van der Waals surface area contributed by atoms with E-state index in [1.807, 2.05) is 12.1 Å². The van der Waals surface area contributed by atoms with E-state index in [0.717, 1.165) is 18.2 Å². The van der Waals surface area contributed by atoms with Gasteiger partial charge in [-0.25, -0.2) is 0 Å².